The number of methoxy groups -OCH3 is 1. The van der Waals surface area contributed by atoms with Gasteiger partial charge in [0.15, 0.2) is 17.6 Å². The number of hydrogen-bond acceptors (Lipinski definition) is 7. The van der Waals surface area contributed by atoms with Gasteiger partial charge in [-0.15, -0.1) is 0 Å². The van der Waals surface area contributed by atoms with Gasteiger partial charge in [-0.3, -0.25) is 0 Å². The smallest absolute Gasteiger partial charge is 0.400 e. The highest BCUT2D eigenvalue weighted by molar-refractivity contribution is 5.92. The van der Waals surface area contributed by atoms with E-state index in [-0.39, 0.29) is 29.8 Å². The maximum atomic E-state index is 14.1. The highest BCUT2D eigenvalue weighted by atomic mass is 19.4. The van der Waals surface area contributed by atoms with E-state index in [0.29, 0.717) is 35.6 Å². The minimum atomic E-state index is -4.76. The largest absolute Gasteiger partial charge is 0.493 e. The van der Waals surface area contributed by atoms with Crippen molar-refractivity contribution in [1.29, 1.82) is 0 Å². The summed E-state index contributed by atoms with van der Waals surface area (Å²) in [5.74, 6) is 1.07. The molecule has 5 atom stereocenters. The monoisotopic (exact) mass is 481 g/mol. The summed E-state index contributed by atoms with van der Waals surface area (Å²) in [7, 11) is 1.48. The lowest BCUT2D eigenvalue weighted by atomic mass is 9.80. The molecule has 0 bridgehead atoms. The van der Waals surface area contributed by atoms with Gasteiger partial charge in [-0.2, -0.15) is 13.2 Å². The number of benzene rings is 1. The van der Waals surface area contributed by atoms with Crippen LogP contribution in [-0.4, -0.2) is 61.0 Å². The van der Waals surface area contributed by atoms with Gasteiger partial charge in [0.05, 0.1) is 25.3 Å². The van der Waals surface area contributed by atoms with Crippen molar-refractivity contribution in [3.63, 3.8) is 0 Å². The number of rotatable bonds is 5. The Balaban J connectivity index is 1.45. The first kappa shape index (κ1) is 22.9. The summed E-state index contributed by atoms with van der Waals surface area (Å²) in [6.07, 6.45) is -2.32. The molecule has 1 aliphatic carbocycles. The molecule has 7 nitrogen and oxygen atoms in total. The highest BCUT2D eigenvalue weighted by Crippen LogP contribution is 2.46. The minimum absolute atomic E-state index is 0.0118. The Kier molecular flexibility index (Phi) is 5.64. The van der Waals surface area contributed by atoms with Crippen molar-refractivity contribution in [3.8, 4) is 11.5 Å². The van der Waals surface area contributed by atoms with Crippen LogP contribution < -0.4 is 14.8 Å². The molecule has 5 rings (SSSR count). The summed E-state index contributed by atoms with van der Waals surface area (Å²) in [6, 6.07) is 3.32. The van der Waals surface area contributed by atoms with Crippen molar-refractivity contribution in [2.75, 3.05) is 25.6 Å². The topological polar surface area (TPSA) is 74.7 Å². The van der Waals surface area contributed by atoms with Crippen LogP contribution in [0.5, 0.6) is 11.5 Å². The molecule has 3 unspecified atom stereocenters. The molecule has 0 amide bonds. The van der Waals surface area contributed by atoms with Crippen LogP contribution in [0.4, 0.5) is 23.4 Å². The average Bonchev–Trinajstić information content (AvgIpc) is 3.40. The molecule has 11 heteroatoms. The molecule has 0 radical (unpaired) electrons. The molecular weight excluding hydrogens is 458 g/mol. The van der Waals surface area contributed by atoms with E-state index in [4.69, 9.17) is 18.9 Å². The first-order valence-corrected chi connectivity index (χ1v) is 10.8. The van der Waals surface area contributed by atoms with Gasteiger partial charge < -0.3 is 24.3 Å². The Morgan fingerprint density at radius 2 is 2.00 bits per heavy atom. The van der Waals surface area contributed by atoms with Crippen molar-refractivity contribution in [3.05, 3.63) is 42.4 Å². The van der Waals surface area contributed by atoms with Gasteiger partial charge in [0, 0.05) is 23.8 Å². The Hall–Kier alpha value is -2.92. The van der Waals surface area contributed by atoms with Gasteiger partial charge in [-0.25, -0.2) is 14.4 Å². The molecule has 1 aromatic carbocycles. The maximum Gasteiger partial charge on any atom is 0.400 e. The molecular formula is C23H23F4N3O4. The van der Waals surface area contributed by atoms with Crippen LogP contribution in [0.3, 0.4) is 0 Å². The second-order valence-electron chi connectivity index (χ2n) is 8.66. The van der Waals surface area contributed by atoms with Gasteiger partial charge in [0.1, 0.15) is 29.8 Å². The van der Waals surface area contributed by atoms with E-state index in [2.05, 4.69) is 15.3 Å². The van der Waals surface area contributed by atoms with Gasteiger partial charge in [-0.05, 0) is 37.6 Å². The molecule has 3 aliphatic rings. The molecule has 2 fully saturated rings. The highest BCUT2D eigenvalue weighted by Gasteiger charge is 2.55. The summed E-state index contributed by atoms with van der Waals surface area (Å²) in [5.41, 5.74) is -2.10. The number of nitrogens with one attached hydrogen (secondary N) is 1. The number of halogens is 4. The molecule has 3 heterocycles. The summed E-state index contributed by atoms with van der Waals surface area (Å²) in [4.78, 5) is 8.44. The zero-order chi connectivity index (χ0) is 24.1. The molecule has 0 spiro atoms. The number of anilines is 1. The van der Waals surface area contributed by atoms with Crippen molar-refractivity contribution >= 4 is 16.7 Å². The molecule has 0 saturated carbocycles. The van der Waals surface area contributed by atoms with Gasteiger partial charge in [0.25, 0.3) is 0 Å². The van der Waals surface area contributed by atoms with Crippen molar-refractivity contribution in [2.45, 2.75) is 44.0 Å². The van der Waals surface area contributed by atoms with E-state index in [1.807, 2.05) is 0 Å². The van der Waals surface area contributed by atoms with Crippen molar-refractivity contribution in [2.24, 2.45) is 5.41 Å². The number of hydrogen-bond donors (Lipinski definition) is 1. The third-order valence-electron chi connectivity index (χ3n) is 6.47. The summed E-state index contributed by atoms with van der Waals surface area (Å²) < 4.78 is 77.8. The Morgan fingerprint density at radius 3 is 2.76 bits per heavy atom. The summed E-state index contributed by atoms with van der Waals surface area (Å²) in [5, 5.41) is 3.36. The molecule has 34 heavy (non-hydrogen) atoms. The molecule has 1 N–H and O–H groups in total. The number of alkyl halides is 4. The number of nitrogens with zero attached hydrogens (tertiary/aromatic N) is 2. The maximum absolute atomic E-state index is 14.1. The van der Waals surface area contributed by atoms with E-state index in [9.17, 15) is 17.6 Å². The minimum Gasteiger partial charge on any atom is -0.493 e. The quantitative estimate of drug-likeness (QED) is 0.637. The average molecular weight is 481 g/mol. The van der Waals surface area contributed by atoms with Crippen LogP contribution in [0.25, 0.3) is 10.9 Å². The second kappa shape index (κ2) is 8.38. The van der Waals surface area contributed by atoms with Crippen LogP contribution in [0, 0.1) is 5.41 Å². The third kappa shape index (κ3) is 3.86. The normalized spacial score (nSPS) is 30.8. The molecule has 2 aliphatic heterocycles. The predicted molar refractivity (Wildman–Crippen MR) is 115 cm³/mol. The molecule has 2 saturated heterocycles. The lowest BCUT2D eigenvalue weighted by Gasteiger charge is -2.33. The van der Waals surface area contributed by atoms with E-state index >= 15 is 0 Å². The number of aromatic nitrogens is 2. The SMILES string of the molecule is COc1cc2c(NC3=CC(C)(C(F)(F)F)C(F)C=C3)ncnc2cc1O[C@@H]1COC2CCO[C@H]21. The lowest BCUT2D eigenvalue weighted by Crippen LogP contribution is -2.42. The number of ether oxygens (including phenoxy) is 4. The fourth-order valence-corrected chi connectivity index (χ4v) is 4.40. The van der Waals surface area contributed by atoms with Crippen molar-refractivity contribution < 1.29 is 36.5 Å². The van der Waals surface area contributed by atoms with Gasteiger partial charge in [0.2, 0.25) is 0 Å². The van der Waals surface area contributed by atoms with Gasteiger partial charge in [-0.1, -0.05) is 0 Å². The van der Waals surface area contributed by atoms with Crippen LogP contribution in [0.2, 0.25) is 0 Å². The van der Waals surface area contributed by atoms with Crippen LogP contribution >= 0.6 is 0 Å². The summed E-state index contributed by atoms with van der Waals surface area (Å²) >= 11 is 0. The van der Waals surface area contributed by atoms with Crippen LogP contribution in [0.15, 0.2) is 42.4 Å². The first-order chi connectivity index (χ1) is 16.2. The van der Waals surface area contributed by atoms with Crippen LogP contribution in [-0.2, 0) is 9.47 Å². The zero-order valence-electron chi connectivity index (χ0n) is 18.4. The van der Waals surface area contributed by atoms with E-state index in [1.165, 1.54) is 19.5 Å². The Bertz CT molecular complexity index is 1150. The van der Waals surface area contributed by atoms with E-state index < -0.39 is 17.8 Å². The second-order valence-corrected chi connectivity index (χ2v) is 8.66. The Labute approximate surface area is 192 Å². The molecule has 2 aromatic rings. The standard InChI is InChI=1S/C23H23F4N3O4/c1-22(23(25,26)27)9-12(3-4-19(22)24)30-21-13-7-16(31-2)17(8-14(13)28-11-29-21)34-18-10-33-15-5-6-32-20(15)18/h3-4,7-9,11,15,18-20H,5-6,10H2,1-2H3,(H,28,29,30)/t15?,18-,19?,20-,22?/m1/s1. The fraction of sp³-hybridized carbons (Fsp3) is 0.478. The predicted octanol–water partition coefficient (Wildman–Crippen LogP) is 4.35. The first-order valence-electron chi connectivity index (χ1n) is 10.8. The van der Waals surface area contributed by atoms with Gasteiger partial charge >= 0.3 is 6.18 Å². The third-order valence-corrected chi connectivity index (χ3v) is 6.47. The number of allylic oxidation sites excluding steroid dienone is 3. The number of fused-ring (bicyclic) bond motifs is 2. The zero-order valence-corrected chi connectivity index (χ0v) is 18.4. The fourth-order valence-electron chi connectivity index (χ4n) is 4.40. The molecule has 182 valence electrons. The lowest BCUT2D eigenvalue weighted by molar-refractivity contribution is -0.213. The van der Waals surface area contributed by atoms with Crippen LogP contribution in [0.1, 0.15) is 13.3 Å². The van der Waals surface area contributed by atoms with Crippen molar-refractivity contribution in [1.82, 2.24) is 9.97 Å². The van der Waals surface area contributed by atoms with E-state index in [0.717, 1.165) is 25.5 Å². The molecule has 1 aromatic heterocycles. The van der Waals surface area contributed by atoms with E-state index in [1.54, 1.807) is 12.1 Å². The Morgan fingerprint density at radius 1 is 1.18 bits per heavy atom. The summed E-state index contributed by atoms with van der Waals surface area (Å²) in [6.45, 7) is 1.83.